The van der Waals surface area contributed by atoms with Gasteiger partial charge in [-0.25, -0.2) is 0 Å². The maximum atomic E-state index is 12.1. The van der Waals surface area contributed by atoms with Crippen LogP contribution in [-0.2, 0) is 16.1 Å². The second-order valence-corrected chi connectivity index (χ2v) is 6.60. The highest BCUT2D eigenvalue weighted by atomic mass is 127. The zero-order chi connectivity index (χ0) is 15.7. The minimum Gasteiger partial charge on any atom is -0.465 e. The zero-order valence-corrected chi connectivity index (χ0v) is 15.4. The molecule has 1 aromatic heterocycles. The van der Waals surface area contributed by atoms with Crippen LogP contribution < -0.4 is 5.32 Å². The molecule has 0 saturated carbocycles. The minimum absolute atomic E-state index is 0.146. The number of esters is 1. The lowest BCUT2D eigenvalue weighted by atomic mass is 9.94. The van der Waals surface area contributed by atoms with Crippen LogP contribution in [0.3, 0.4) is 0 Å². The van der Waals surface area contributed by atoms with E-state index in [0.717, 1.165) is 42.3 Å². The van der Waals surface area contributed by atoms with E-state index in [2.05, 4.69) is 39.9 Å². The number of halogens is 1. The van der Waals surface area contributed by atoms with E-state index in [4.69, 9.17) is 4.74 Å². The summed E-state index contributed by atoms with van der Waals surface area (Å²) < 4.78 is 8.30. The summed E-state index contributed by atoms with van der Waals surface area (Å²) in [6.07, 6.45) is 7.63. The van der Waals surface area contributed by atoms with Crippen LogP contribution >= 0.6 is 22.6 Å². The van der Waals surface area contributed by atoms with Crippen LogP contribution in [0.15, 0.2) is 12.4 Å². The van der Waals surface area contributed by atoms with E-state index >= 15 is 0 Å². The molecule has 0 fully saturated rings. The molecule has 0 aliphatic heterocycles. The number of hydrogen-bond acceptors (Lipinski definition) is 4. The number of unbranched alkanes of at least 4 members (excludes halogenated alkanes) is 1. The van der Waals surface area contributed by atoms with Gasteiger partial charge in [0.15, 0.2) is 0 Å². The lowest BCUT2D eigenvalue weighted by Crippen LogP contribution is -2.50. The zero-order valence-electron chi connectivity index (χ0n) is 13.2. The van der Waals surface area contributed by atoms with E-state index in [-0.39, 0.29) is 5.97 Å². The van der Waals surface area contributed by atoms with E-state index in [1.165, 1.54) is 0 Å². The fourth-order valence-electron chi connectivity index (χ4n) is 2.17. The van der Waals surface area contributed by atoms with Gasteiger partial charge in [0, 0.05) is 12.7 Å². The maximum absolute atomic E-state index is 12.1. The van der Waals surface area contributed by atoms with Crippen molar-refractivity contribution in [1.29, 1.82) is 0 Å². The first-order valence-corrected chi connectivity index (χ1v) is 8.70. The Morgan fingerprint density at radius 2 is 2.24 bits per heavy atom. The molecule has 5 nitrogen and oxygen atoms in total. The van der Waals surface area contributed by atoms with E-state index < -0.39 is 5.54 Å². The Kier molecular flexibility index (Phi) is 8.24. The van der Waals surface area contributed by atoms with Crippen LogP contribution in [0.1, 0.15) is 46.5 Å². The molecule has 0 bridgehead atoms. The summed E-state index contributed by atoms with van der Waals surface area (Å²) in [6.45, 7) is 8.02. The Morgan fingerprint density at radius 3 is 2.81 bits per heavy atom. The Balaban J connectivity index is 2.43. The third kappa shape index (κ3) is 6.34. The Hall–Kier alpha value is -0.630. The third-order valence-corrected chi connectivity index (χ3v) is 3.96. The van der Waals surface area contributed by atoms with Crippen molar-refractivity contribution < 1.29 is 9.53 Å². The first kappa shape index (κ1) is 18.4. The molecule has 0 aliphatic rings. The average Bonchev–Trinajstić information content (AvgIpc) is 2.87. The molecule has 21 heavy (non-hydrogen) atoms. The van der Waals surface area contributed by atoms with Crippen molar-refractivity contribution >= 4 is 28.6 Å². The molecule has 1 N–H and O–H groups in total. The lowest BCUT2D eigenvalue weighted by Gasteiger charge is -2.28. The van der Waals surface area contributed by atoms with Gasteiger partial charge in [0.1, 0.15) is 5.54 Å². The minimum atomic E-state index is -0.579. The van der Waals surface area contributed by atoms with Gasteiger partial charge in [-0.15, -0.1) is 0 Å². The highest BCUT2D eigenvalue weighted by Gasteiger charge is 2.33. The van der Waals surface area contributed by atoms with Crippen LogP contribution in [0.25, 0.3) is 0 Å². The fourth-order valence-corrected chi connectivity index (χ4v) is 2.61. The number of carbonyl (C=O) groups is 1. The van der Waals surface area contributed by atoms with Crippen molar-refractivity contribution in [3.63, 3.8) is 0 Å². The molecule has 0 aromatic carbocycles. The van der Waals surface area contributed by atoms with Crippen molar-refractivity contribution in [3.05, 3.63) is 16.0 Å². The number of aromatic nitrogens is 2. The van der Waals surface area contributed by atoms with Crippen molar-refractivity contribution in [2.24, 2.45) is 0 Å². The molecule has 1 aromatic rings. The molecular weight excluding hydrogens is 381 g/mol. The summed E-state index contributed by atoms with van der Waals surface area (Å²) in [5.41, 5.74) is -0.579. The van der Waals surface area contributed by atoms with Gasteiger partial charge in [0.05, 0.1) is 16.4 Å². The monoisotopic (exact) mass is 407 g/mol. The van der Waals surface area contributed by atoms with Gasteiger partial charge in [0.2, 0.25) is 0 Å². The van der Waals surface area contributed by atoms with Gasteiger partial charge in [-0.05, 0) is 68.7 Å². The molecule has 120 valence electrons. The number of aryl methyl sites for hydroxylation is 1. The van der Waals surface area contributed by atoms with Crippen LogP contribution in [0.2, 0.25) is 0 Å². The first-order valence-electron chi connectivity index (χ1n) is 7.62. The summed E-state index contributed by atoms with van der Waals surface area (Å²) in [6, 6.07) is 0. The standard InChI is InChI=1S/C15H26IN3O2/c1-4-9-17-15(3,14(20)21-5-2)8-6-7-10-19-12-13(16)11-18-19/h11-12,17H,4-10H2,1-3H3. The topological polar surface area (TPSA) is 56.2 Å². The van der Waals surface area contributed by atoms with Gasteiger partial charge in [-0.2, -0.15) is 5.10 Å². The predicted octanol–water partition coefficient (Wildman–Crippen LogP) is 2.98. The quantitative estimate of drug-likeness (QED) is 0.368. The number of carbonyl (C=O) groups excluding carboxylic acids is 1. The summed E-state index contributed by atoms with van der Waals surface area (Å²) in [7, 11) is 0. The molecule has 0 spiro atoms. The number of hydrogen-bond donors (Lipinski definition) is 1. The van der Waals surface area contributed by atoms with Gasteiger partial charge in [-0.3, -0.25) is 9.48 Å². The summed E-state index contributed by atoms with van der Waals surface area (Å²) in [4.78, 5) is 12.1. The molecule has 0 amide bonds. The van der Waals surface area contributed by atoms with E-state index in [0.29, 0.717) is 6.61 Å². The van der Waals surface area contributed by atoms with Gasteiger partial charge in [-0.1, -0.05) is 6.92 Å². The highest BCUT2D eigenvalue weighted by molar-refractivity contribution is 14.1. The Morgan fingerprint density at radius 1 is 1.48 bits per heavy atom. The molecule has 1 atom stereocenters. The number of nitrogens with one attached hydrogen (secondary N) is 1. The number of ether oxygens (including phenoxy) is 1. The smallest absolute Gasteiger partial charge is 0.326 e. The van der Waals surface area contributed by atoms with Crippen LogP contribution in [0.5, 0.6) is 0 Å². The largest absolute Gasteiger partial charge is 0.465 e. The summed E-state index contributed by atoms with van der Waals surface area (Å²) in [5.74, 6) is -0.146. The Labute approximate surface area is 141 Å². The normalized spacial score (nSPS) is 13.9. The Bertz CT molecular complexity index is 436. The number of rotatable bonds is 10. The van der Waals surface area contributed by atoms with E-state index in [1.807, 2.05) is 30.9 Å². The molecule has 0 saturated heterocycles. The molecule has 6 heteroatoms. The fraction of sp³-hybridized carbons (Fsp3) is 0.733. The second-order valence-electron chi connectivity index (χ2n) is 5.36. The lowest BCUT2D eigenvalue weighted by molar-refractivity contribution is -0.150. The van der Waals surface area contributed by atoms with Crippen LogP contribution in [0.4, 0.5) is 0 Å². The van der Waals surface area contributed by atoms with E-state index in [1.54, 1.807) is 0 Å². The molecule has 1 rings (SSSR count). The SMILES string of the molecule is CCCNC(C)(CCCCn1cc(I)cn1)C(=O)OCC. The number of nitrogens with zero attached hydrogens (tertiary/aromatic N) is 2. The average molecular weight is 407 g/mol. The molecule has 1 heterocycles. The van der Waals surface area contributed by atoms with Gasteiger partial charge < -0.3 is 10.1 Å². The van der Waals surface area contributed by atoms with Crippen LogP contribution in [-0.4, -0.2) is 34.4 Å². The van der Waals surface area contributed by atoms with Crippen molar-refractivity contribution in [1.82, 2.24) is 15.1 Å². The second kappa shape index (κ2) is 9.40. The first-order chi connectivity index (χ1) is 10.0. The van der Waals surface area contributed by atoms with Crippen molar-refractivity contribution in [2.75, 3.05) is 13.2 Å². The molecule has 0 aliphatic carbocycles. The molecule has 0 radical (unpaired) electrons. The predicted molar refractivity (Wildman–Crippen MR) is 92.1 cm³/mol. The maximum Gasteiger partial charge on any atom is 0.326 e. The van der Waals surface area contributed by atoms with Crippen LogP contribution in [0, 0.1) is 3.57 Å². The van der Waals surface area contributed by atoms with Crippen molar-refractivity contribution in [3.8, 4) is 0 Å². The van der Waals surface area contributed by atoms with Crippen molar-refractivity contribution in [2.45, 2.75) is 58.5 Å². The highest BCUT2D eigenvalue weighted by Crippen LogP contribution is 2.17. The summed E-state index contributed by atoms with van der Waals surface area (Å²) >= 11 is 2.25. The molecular formula is C15H26IN3O2. The third-order valence-electron chi connectivity index (χ3n) is 3.41. The summed E-state index contributed by atoms with van der Waals surface area (Å²) in [5, 5.41) is 7.60. The van der Waals surface area contributed by atoms with E-state index in [9.17, 15) is 4.79 Å². The van der Waals surface area contributed by atoms with Gasteiger partial charge in [0.25, 0.3) is 0 Å². The van der Waals surface area contributed by atoms with Gasteiger partial charge >= 0.3 is 5.97 Å². The molecule has 1 unspecified atom stereocenters.